The van der Waals surface area contributed by atoms with E-state index in [1.165, 1.54) is 71.9 Å². The highest BCUT2D eigenvalue weighted by molar-refractivity contribution is 6.09. The van der Waals surface area contributed by atoms with Crippen molar-refractivity contribution in [2.24, 2.45) is 0 Å². The van der Waals surface area contributed by atoms with Crippen molar-refractivity contribution in [1.82, 2.24) is 4.57 Å². The Balaban J connectivity index is 0.834. The van der Waals surface area contributed by atoms with E-state index in [-0.39, 0.29) is 5.41 Å². The van der Waals surface area contributed by atoms with Crippen molar-refractivity contribution in [3.8, 4) is 55.9 Å². The summed E-state index contributed by atoms with van der Waals surface area (Å²) in [4.78, 5) is 2.40. The van der Waals surface area contributed by atoms with Crippen LogP contribution in [0.5, 0.6) is 5.75 Å². The zero-order valence-corrected chi connectivity index (χ0v) is 36.9. The lowest BCUT2D eigenvalue weighted by atomic mass is 9.82. The van der Waals surface area contributed by atoms with Crippen molar-refractivity contribution in [2.45, 2.75) is 31.6 Å². The maximum Gasteiger partial charge on any atom is 0.138 e. The molecule has 13 rings (SSSR count). The van der Waals surface area contributed by atoms with Crippen LogP contribution in [0, 0.1) is 0 Å². The maximum atomic E-state index is 6.45. The summed E-state index contributed by atoms with van der Waals surface area (Å²) < 4.78 is 8.82. The van der Waals surface area contributed by atoms with Gasteiger partial charge in [0.05, 0.1) is 11.0 Å². The molecule has 3 nitrogen and oxygen atoms in total. The van der Waals surface area contributed by atoms with E-state index in [0.29, 0.717) is 5.92 Å². The second-order valence-corrected chi connectivity index (χ2v) is 18.4. The highest BCUT2D eigenvalue weighted by Crippen LogP contribution is 2.52. The Morgan fingerprint density at radius 3 is 1.68 bits per heavy atom. The average Bonchev–Trinajstić information content (AvgIpc) is 4.00. The van der Waals surface area contributed by atoms with E-state index < -0.39 is 0 Å². The van der Waals surface area contributed by atoms with Crippen LogP contribution in [0.1, 0.15) is 42.9 Å². The van der Waals surface area contributed by atoms with Crippen LogP contribution in [0.15, 0.2) is 230 Å². The molecule has 2 aliphatic carbocycles. The van der Waals surface area contributed by atoms with Crippen molar-refractivity contribution in [1.29, 1.82) is 0 Å². The summed E-state index contributed by atoms with van der Waals surface area (Å²) in [6, 6.07) is 75.8. The molecule has 0 N–H and O–H groups in total. The third-order valence-corrected chi connectivity index (χ3v) is 14.4. The van der Waals surface area contributed by atoms with Crippen LogP contribution >= 0.6 is 0 Å². The quantitative estimate of drug-likeness (QED) is 0.159. The SMILES string of the molecule is CC1(C)c2ccccc2-c2ccc(N(c3ccc(-c4ccc(-c5cccc6c5OC5=CC=CCC56)cc4)cc3)c3ccc(-c4ccc(-n5c6ccccc6c6ccccc65)cc4)cc3)cc21. The summed E-state index contributed by atoms with van der Waals surface area (Å²) >= 11 is 0. The summed E-state index contributed by atoms with van der Waals surface area (Å²) in [5.41, 5.74) is 20.5. The molecule has 0 saturated carbocycles. The Labute approximate surface area is 385 Å². The number of hydrogen-bond acceptors (Lipinski definition) is 2. The normalized spacial score (nSPS) is 15.2. The molecular formula is C63H46N2O. The van der Waals surface area contributed by atoms with Gasteiger partial charge in [0.15, 0.2) is 0 Å². The number of nitrogens with zero attached hydrogens (tertiary/aromatic N) is 2. The summed E-state index contributed by atoms with van der Waals surface area (Å²) in [5.74, 6) is 2.36. The number of benzene rings is 9. The van der Waals surface area contributed by atoms with Gasteiger partial charge in [-0.3, -0.25) is 0 Å². The highest BCUT2D eigenvalue weighted by Gasteiger charge is 2.36. The zero-order chi connectivity index (χ0) is 43.9. The number of aromatic nitrogens is 1. The van der Waals surface area contributed by atoms with Crippen molar-refractivity contribution in [3.63, 3.8) is 0 Å². The Hall–Kier alpha value is -8.14. The van der Waals surface area contributed by atoms with Gasteiger partial charge < -0.3 is 14.2 Å². The third-order valence-electron chi connectivity index (χ3n) is 14.4. The molecular weight excluding hydrogens is 801 g/mol. The minimum Gasteiger partial charge on any atom is -0.460 e. The first-order valence-electron chi connectivity index (χ1n) is 23.1. The number of ether oxygens (including phenoxy) is 1. The van der Waals surface area contributed by atoms with Gasteiger partial charge in [-0.2, -0.15) is 0 Å². The van der Waals surface area contributed by atoms with Gasteiger partial charge in [-0.1, -0.05) is 172 Å². The second-order valence-electron chi connectivity index (χ2n) is 18.4. The smallest absolute Gasteiger partial charge is 0.138 e. The summed E-state index contributed by atoms with van der Waals surface area (Å²) in [6.45, 7) is 4.71. The molecule has 0 fully saturated rings. The number of fused-ring (bicyclic) bond motifs is 9. The minimum atomic E-state index is -0.114. The van der Waals surface area contributed by atoms with E-state index in [1.807, 2.05) is 0 Å². The van der Waals surface area contributed by atoms with Crippen LogP contribution in [0.25, 0.3) is 72.0 Å². The number of anilines is 3. The van der Waals surface area contributed by atoms with Crippen LogP contribution in [0.4, 0.5) is 17.1 Å². The first kappa shape index (κ1) is 38.3. The molecule has 3 aliphatic rings. The molecule has 0 amide bonds. The molecule has 1 atom stereocenters. The van der Waals surface area contributed by atoms with Gasteiger partial charge in [0, 0.05) is 56.0 Å². The first-order chi connectivity index (χ1) is 32.5. The van der Waals surface area contributed by atoms with Gasteiger partial charge >= 0.3 is 0 Å². The predicted molar refractivity (Wildman–Crippen MR) is 275 cm³/mol. The first-order valence-corrected chi connectivity index (χ1v) is 23.1. The van der Waals surface area contributed by atoms with Gasteiger partial charge in [-0.25, -0.2) is 0 Å². The van der Waals surface area contributed by atoms with Crippen LogP contribution in [-0.4, -0.2) is 4.57 Å². The molecule has 0 bridgehead atoms. The van der Waals surface area contributed by atoms with Crippen LogP contribution in [0.3, 0.4) is 0 Å². The number of para-hydroxylation sites is 3. The number of allylic oxidation sites excluding steroid dienone is 4. The summed E-state index contributed by atoms with van der Waals surface area (Å²) in [6.07, 6.45) is 7.43. The molecule has 3 heteroatoms. The van der Waals surface area contributed by atoms with E-state index in [1.54, 1.807) is 0 Å². The zero-order valence-electron chi connectivity index (χ0n) is 36.9. The molecule has 1 aromatic heterocycles. The third kappa shape index (κ3) is 6.04. The lowest BCUT2D eigenvalue weighted by Crippen LogP contribution is -2.16. The van der Waals surface area contributed by atoms with Crippen LogP contribution in [0.2, 0.25) is 0 Å². The Morgan fingerprint density at radius 1 is 0.485 bits per heavy atom. The Bertz CT molecular complexity index is 3540. The van der Waals surface area contributed by atoms with E-state index >= 15 is 0 Å². The fourth-order valence-corrected chi connectivity index (χ4v) is 11.0. The molecule has 0 saturated heterocycles. The molecule has 10 aromatic rings. The topological polar surface area (TPSA) is 17.4 Å². The molecule has 1 aliphatic heterocycles. The van der Waals surface area contributed by atoms with Crippen molar-refractivity contribution < 1.29 is 4.74 Å². The van der Waals surface area contributed by atoms with Gasteiger partial charge in [-0.15, -0.1) is 0 Å². The largest absolute Gasteiger partial charge is 0.460 e. The summed E-state index contributed by atoms with van der Waals surface area (Å²) in [7, 11) is 0. The number of hydrogen-bond donors (Lipinski definition) is 0. The number of rotatable bonds is 7. The van der Waals surface area contributed by atoms with Gasteiger partial charge in [0.1, 0.15) is 11.5 Å². The molecule has 314 valence electrons. The minimum absolute atomic E-state index is 0.114. The maximum absolute atomic E-state index is 6.45. The van der Waals surface area contributed by atoms with E-state index in [2.05, 4.69) is 248 Å². The molecule has 2 heterocycles. The average molecular weight is 847 g/mol. The van der Waals surface area contributed by atoms with Crippen molar-refractivity contribution in [2.75, 3.05) is 4.90 Å². The fraction of sp³-hybridized carbons (Fsp3) is 0.0794. The lowest BCUT2D eigenvalue weighted by Gasteiger charge is -2.28. The van der Waals surface area contributed by atoms with E-state index in [0.717, 1.165) is 51.8 Å². The Kier molecular flexibility index (Phi) is 8.69. The standard InChI is InChI=1S/C63H46N2O/c1-63(2)57-18-7-3-12-51(57)52-39-38-49(40-58(52)63)64(46-32-26-42(27-33-46)41-22-24-45(25-23-41)50-16-11-17-56-55-15-6-10-21-61(55)66-62(50)56)47-34-28-43(29-35-47)44-30-36-48(37-31-44)65-59-19-8-4-13-53(59)54-14-5-9-20-60(54)65/h3-14,16-40,55H,15H2,1-2H3. The molecule has 9 aromatic carbocycles. The highest BCUT2D eigenvalue weighted by atomic mass is 16.5. The molecule has 0 radical (unpaired) electrons. The van der Waals surface area contributed by atoms with E-state index in [9.17, 15) is 0 Å². The Morgan fingerprint density at radius 2 is 1.02 bits per heavy atom. The monoisotopic (exact) mass is 846 g/mol. The predicted octanol–water partition coefficient (Wildman–Crippen LogP) is 16.9. The van der Waals surface area contributed by atoms with Crippen molar-refractivity contribution in [3.05, 3.63) is 247 Å². The molecule has 1 unspecified atom stereocenters. The molecule has 0 spiro atoms. The fourth-order valence-electron chi connectivity index (χ4n) is 11.0. The summed E-state index contributed by atoms with van der Waals surface area (Å²) in [5, 5.41) is 2.54. The van der Waals surface area contributed by atoms with Crippen LogP contribution in [-0.2, 0) is 5.41 Å². The lowest BCUT2D eigenvalue weighted by molar-refractivity contribution is 0.426. The van der Waals surface area contributed by atoms with Gasteiger partial charge in [-0.05, 0) is 123 Å². The van der Waals surface area contributed by atoms with E-state index in [4.69, 9.17) is 4.74 Å². The van der Waals surface area contributed by atoms with Crippen molar-refractivity contribution >= 4 is 38.9 Å². The van der Waals surface area contributed by atoms with Crippen LogP contribution < -0.4 is 9.64 Å². The van der Waals surface area contributed by atoms with Gasteiger partial charge in [0.2, 0.25) is 0 Å². The second kappa shape index (κ2) is 15.0. The van der Waals surface area contributed by atoms with Gasteiger partial charge in [0.25, 0.3) is 0 Å². The molecule has 66 heavy (non-hydrogen) atoms.